The number of aromatic amines is 1. The van der Waals surface area contributed by atoms with Crippen LogP contribution in [0.15, 0.2) is 30.6 Å². The molecule has 1 fully saturated rings. The molecular formula is C15H16ClN3O3. The number of H-pyrrole nitrogens is 1. The van der Waals surface area contributed by atoms with E-state index in [2.05, 4.69) is 15.5 Å². The molecule has 7 heteroatoms. The molecule has 0 spiro atoms. The molecule has 3 rings (SSSR count). The second kappa shape index (κ2) is 6.37. The van der Waals surface area contributed by atoms with Crippen molar-refractivity contribution in [3.63, 3.8) is 0 Å². The first-order valence-electron chi connectivity index (χ1n) is 6.93. The second-order valence-electron chi connectivity index (χ2n) is 5.17. The summed E-state index contributed by atoms with van der Waals surface area (Å²) < 4.78 is 11.2. The summed E-state index contributed by atoms with van der Waals surface area (Å²) in [5.41, 5.74) is 1.43. The molecule has 0 bridgehead atoms. The van der Waals surface area contributed by atoms with Crippen molar-refractivity contribution in [1.29, 1.82) is 0 Å². The van der Waals surface area contributed by atoms with Crippen LogP contribution in [0.4, 0.5) is 0 Å². The van der Waals surface area contributed by atoms with Crippen LogP contribution >= 0.6 is 11.6 Å². The van der Waals surface area contributed by atoms with E-state index in [4.69, 9.17) is 21.1 Å². The van der Waals surface area contributed by atoms with Gasteiger partial charge in [-0.15, -0.1) is 0 Å². The van der Waals surface area contributed by atoms with Crippen LogP contribution in [0.2, 0.25) is 5.02 Å². The number of hydrogen-bond donors (Lipinski definition) is 2. The Balaban J connectivity index is 1.68. The van der Waals surface area contributed by atoms with Gasteiger partial charge in [-0.05, 0) is 24.6 Å². The lowest BCUT2D eigenvalue weighted by Gasteiger charge is -2.20. The van der Waals surface area contributed by atoms with Crippen LogP contribution in [0, 0.1) is 6.92 Å². The Morgan fingerprint density at radius 3 is 3.14 bits per heavy atom. The molecule has 116 valence electrons. The number of carbonyl (C=O) groups is 1. The number of ether oxygens (including phenoxy) is 2. The van der Waals surface area contributed by atoms with Gasteiger partial charge in [0.1, 0.15) is 6.10 Å². The number of halogens is 1. The van der Waals surface area contributed by atoms with Gasteiger partial charge in [-0.1, -0.05) is 17.7 Å². The van der Waals surface area contributed by atoms with E-state index in [9.17, 15) is 4.79 Å². The van der Waals surface area contributed by atoms with E-state index in [0.29, 0.717) is 29.5 Å². The van der Waals surface area contributed by atoms with E-state index in [1.54, 1.807) is 24.5 Å². The summed E-state index contributed by atoms with van der Waals surface area (Å²) in [5.74, 6) is 0.435. The van der Waals surface area contributed by atoms with Crippen LogP contribution in [-0.2, 0) is 4.74 Å². The predicted octanol–water partition coefficient (Wildman–Crippen LogP) is 1.95. The van der Waals surface area contributed by atoms with Crippen molar-refractivity contribution in [2.75, 3.05) is 13.2 Å². The summed E-state index contributed by atoms with van der Waals surface area (Å²) in [4.78, 5) is 12.4. The Morgan fingerprint density at radius 2 is 2.36 bits per heavy atom. The summed E-state index contributed by atoms with van der Waals surface area (Å²) in [6, 6.07) is 5.02. The number of aromatic nitrogens is 2. The van der Waals surface area contributed by atoms with Gasteiger partial charge in [0.05, 0.1) is 31.6 Å². The maximum Gasteiger partial charge on any atom is 0.252 e. The first-order chi connectivity index (χ1) is 10.6. The Hall–Kier alpha value is -2.05. The van der Waals surface area contributed by atoms with Crippen molar-refractivity contribution >= 4 is 17.5 Å². The van der Waals surface area contributed by atoms with E-state index >= 15 is 0 Å². The second-order valence-corrected chi connectivity index (χ2v) is 5.60. The number of nitrogens with one attached hydrogen (secondary N) is 2. The summed E-state index contributed by atoms with van der Waals surface area (Å²) in [5, 5.41) is 9.99. The average Bonchev–Trinajstić information content (AvgIpc) is 3.15. The number of nitrogens with zero attached hydrogens (tertiary/aromatic N) is 1. The number of carbonyl (C=O) groups excluding carboxylic acids is 1. The molecule has 1 aliphatic heterocycles. The first-order valence-corrected chi connectivity index (χ1v) is 7.31. The maximum atomic E-state index is 12.4. The Labute approximate surface area is 132 Å². The summed E-state index contributed by atoms with van der Waals surface area (Å²) in [6.45, 7) is 2.70. The standard InChI is InChI=1S/C15H16ClN3O3/c1-9-2-3-10(16)4-12(9)15(20)19-13-7-21-8-14(13)22-11-5-17-18-6-11/h2-6,13-14H,7-8H2,1H3,(H,17,18)(H,19,20)/t13-,14+/m0/s1. The molecule has 0 aliphatic carbocycles. The van der Waals surface area contributed by atoms with Crippen molar-refractivity contribution in [2.24, 2.45) is 0 Å². The van der Waals surface area contributed by atoms with Gasteiger partial charge in [0.15, 0.2) is 5.75 Å². The predicted molar refractivity (Wildman–Crippen MR) is 81.3 cm³/mol. The van der Waals surface area contributed by atoms with Crippen molar-refractivity contribution in [1.82, 2.24) is 15.5 Å². The van der Waals surface area contributed by atoms with Crippen molar-refractivity contribution in [2.45, 2.75) is 19.1 Å². The molecule has 0 saturated carbocycles. The third kappa shape index (κ3) is 3.23. The number of hydrogen-bond acceptors (Lipinski definition) is 4. The van der Waals surface area contributed by atoms with Gasteiger partial charge in [-0.25, -0.2) is 0 Å². The van der Waals surface area contributed by atoms with Crippen LogP contribution in [0.5, 0.6) is 5.75 Å². The fraction of sp³-hybridized carbons (Fsp3) is 0.333. The molecule has 1 aromatic carbocycles. The highest BCUT2D eigenvalue weighted by atomic mass is 35.5. The molecule has 2 atom stereocenters. The largest absolute Gasteiger partial charge is 0.482 e. The van der Waals surface area contributed by atoms with Gasteiger partial charge in [-0.2, -0.15) is 5.10 Å². The molecule has 6 nitrogen and oxygen atoms in total. The van der Waals surface area contributed by atoms with Crippen molar-refractivity contribution in [3.8, 4) is 5.75 Å². The molecule has 1 amide bonds. The van der Waals surface area contributed by atoms with Crippen LogP contribution < -0.4 is 10.1 Å². The Morgan fingerprint density at radius 1 is 1.50 bits per heavy atom. The molecule has 0 radical (unpaired) electrons. The zero-order valence-corrected chi connectivity index (χ0v) is 12.8. The van der Waals surface area contributed by atoms with Gasteiger partial charge >= 0.3 is 0 Å². The van der Waals surface area contributed by atoms with E-state index in [-0.39, 0.29) is 18.1 Å². The van der Waals surface area contributed by atoms with Crippen LogP contribution in [0.1, 0.15) is 15.9 Å². The molecule has 1 saturated heterocycles. The Kier molecular flexibility index (Phi) is 4.31. The summed E-state index contributed by atoms with van der Waals surface area (Å²) in [7, 11) is 0. The lowest BCUT2D eigenvalue weighted by atomic mass is 10.1. The molecule has 1 aliphatic rings. The summed E-state index contributed by atoms with van der Waals surface area (Å²) in [6.07, 6.45) is 2.98. The zero-order valence-electron chi connectivity index (χ0n) is 12.0. The minimum Gasteiger partial charge on any atom is -0.482 e. The van der Waals surface area contributed by atoms with Gasteiger partial charge < -0.3 is 14.8 Å². The normalized spacial score (nSPS) is 20.8. The lowest BCUT2D eigenvalue weighted by Crippen LogP contribution is -2.45. The lowest BCUT2D eigenvalue weighted by molar-refractivity contribution is 0.0903. The van der Waals surface area contributed by atoms with Crippen molar-refractivity contribution < 1.29 is 14.3 Å². The molecule has 2 aromatic rings. The number of aryl methyl sites for hydroxylation is 1. The van der Waals surface area contributed by atoms with E-state index in [1.807, 2.05) is 13.0 Å². The zero-order chi connectivity index (χ0) is 15.5. The monoisotopic (exact) mass is 321 g/mol. The highest BCUT2D eigenvalue weighted by Crippen LogP contribution is 2.18. The fourth-order valence-corrected chi connectivity index (χ4v) is 2.52. The van der Waals surface area contributed by atoms with Gasteiger partial charge in [-0.3, -0.25) is 9.89 Å². The minimum absolute atomic E-state index is 0.184. The highest BCUT2D eigenvalue weighted by Gasteiger charge is 2.32. The molecule has 2 heterocycles. The first kappa shape index (κ1) is 14.9. The third-order valence-corrected chi connectivity index (χ3v) is 3.78. The smallest absolute Gasteiger partial charge is 0.252 e. The fourth-order valence-electron chi connectivity index (χ4n) is 2.35. The van der Waals surface area contributed by atoms with Crippen LogP contribution in [0.3, 0.4) is 0 Å². The van der Waals surface area contributed by atoms with Gasteiger partial charge in [0.2, 0.25) is 0 Å². The summed E-state index contributed by atoms with van der Waals surface area (Å²) >= 11 is 5.96. The average molecular weight is 322 g/mol. The topological polar surface area (TPSA) is 76.2 Å². The van der Waals surface area contributed by atoms with Crippen molar-refractivity contribution in [3.05, 3.63) is 46.7 Å². The molecule has 2 N–H and O–H groups in total. The number of rotatable bonds is 4. The highest BCUT2D eigenvalue weighted by molar-refractivity contribution is 6.31. The Bertz CT molecular complexity index is 660. The number of amides is 1. The third-order valence-electron chi connectivity index (χ3n) is 3.55. The SMILES string of the molecule is Cc1ccc(Cl)cc1C(=O)N[C@H]1COC[C@H]1Oc1cn[nH]c1. The van der Waals surface area contributed by atoms with Crippen LogP contribution in [-0.4, -0.2) is 41.5 Å². The maximum absolute atomic E-state index is 12.4. The van der Waals surface area contributed by atoms with Gasteiger partial charge in [0.25, 0.3) is 5.91 Å². The molecule has 22 heavy (non-hydrogen) atoms. The number of benzene rings is 1. The molecular weight excluding hydrogens is 306 g/mol. The van der Waals surface area contributed by atoms with E-state index in [0.717, 1.165) is 5.56 Å². The molecule has 0 unspecified atom stereocenters. The van der Waals surface area contributed by atoms with E-state index < -0.39 is 0 Å². The van der Waals surface area contributed by atoms with E-state index in [1.165, 1.54) is 0 Å². The van der Waals surface area contributed by atoms with Gasteiger partial charge in [0, 0.05) is 10.6 Å². The quantitative estimate of drug-likeness (QED) is 0.902. The molecule has 1 aromatic heterocycles. The van der Waals surface area contributed by atoms with Crippen LogP contribution in [0.25, 0.3) is 0 Å². The minimum atomic E-state index is -0.249.